The quantitative estimate of drug-likeness (QED) is 0.0827. The van der Waals surface area contributed by atoms with Crippen molar-refractivity contribution in [2.75, 3.05) is 20.7 Å². The van der Waals surface area contributed by atoms with Crippen LogP contribution in [0.3, 0.4) is 0 Å². The molecule has 0 radical (unpaired) electrons. The number of benzene rings is 2. The first-order chi connectivity index (χ1) is 23.1. The van der Waals surface area contributed by atoms with E-state index in [2.05, 4.69) is 47.8 Å². The number of amides is 1. The minimum atomic E-state index is -1.43. The zero-order valence-corrected chi connectivity index (χ0v) is 29.5. The third-order valence-corrected chi connectivity index (χ3v) is 9.00. The molecule has 1 amide bonds. The van der Waals surface area contributed by atoms with Crippen LogP contribution >= 0.6 is 11.6 Å². The highest BCUT2D eigenvalue weighted by molar-refractivity contribution is 6.29. The van der Waals surface area contributed by atoms with Gasteiger partial charge in [-0.15, -0.1) is 12.3 Å². The van der Waals surface area contributed by atoms with Crippen molar-refractivity contribution in [2.45, 2.75) is 84.4 Å². The number of halogens is 1. The topological polar surface area (TPSA) is 115 Å². The Morgan fingerprint density at radius 1 is 1.08 bits per heavy atom. The van der Waals surface area contributed by atoms with Crippen molar-refractivity contribution in [2.24, 2.45) is 10.9 Å². The van der Waals surface area contributed by atoms with Crippen molar-refractivity contribution in [1.82, 2.24) is 10.2 Å². The number of aliphatic hydroxyl groups excluding tert-OH is 2. The number of rotatable bonds is 13. The van der Waals surface area contributed by atoms with E-state index < -0.39 is 12.5 Å². The summed E-state index contributed by atoms with van der Waals surface area (Å²) < 4.78 is 5.49. The second-order valence-corrected chi connectivity index (χ2v) is 12.4. The molecule has 3 unspecified atom stereocenters. The summed E-state index contributed by atoms with van der Waals surface area (Å²) in [7, 11) is 3.33. The van der Waals surface area contributed by atoms with Gasteiger partial charge in [-0.3, -0.25) is 15.1 Å². The molecule has 2 aromatic carbocycles. The van der Waals surface area contributed by atoms with Crippen LogP contribution in [-0.2, 0) is 22.6 Å². The summed E-state index contributed by atoms with van der Waals surface area (Å²) in [5.74, 6) is 2.52. The highest BCUT2D eigenvalue weighted by atomic mass is 35.5. The maximum absolute atomic E-state index is 14.6. The van der Waals surface area contributed by atoms with Crippen LogP contribution in [-0.4, -0.2) is 59.0 Å². The van der Waals surface area contributed by atoms with Crippen molar-refractivity contribution in [3.63, 3.8) is 0 Å². The summed E-state index contributed by atoms with van der Waals surface area (Å²) in [6.07, 6.45) is 11.5. The van der Waals surface area contributed by atoms with Gasteiger partial charge < -0.3 is 25.0 Å². The van der Waals surface area contributed by atoms with Gasteiger partial charge in [-0.2, -0.15) is 0 Å². The molecule has 8 nitrogen and oxygen atoms in total. The Balaban J connectivity index is 0.00000201. The van der Waals surface area contributed by atoms with Gasteiger partial charge in [0.2, 0.25) is 11.8 Å². The van der Waals surface area contributed by atoms with Crippen molar-refractivity contribution in [1.29, 1.82) is 0 Å². The molecule has 3 atom stereocenters. The minimum absolute atomic E-state index is 0.0540. The molecule has 9 heteroatoms. The van der Waals surface area contributed by atoms with Gasteiger partial charge >= 0.3 is 0 Å². The molecule has 0 bridgehead atoms. The smallest absolute Gasteiger partial charge is 0.231 e. The van der Waals surface area contributed by atoms with E-state index in [1.165, 1.54) is 0 Å². The first-order valence-corrected chi connectivity index (χ1v) is 16.9. The first-order valence-electron chi connectivity index (χ1n) is 16.5. The number of hydrogen-bond acceptors (Lipinski definition) is 7. The Morgan fingerprint density at radius 2 is 1.75 bits per heavy atom. The van der Waals surface area contributed by atoms with E-state index in [1.807, 2.05) is 54.3 Å². The number of allylic oxidation sites excluding steroid dienone is 4. The second-order valence-electron chi connectivity index (χ2n) is 11.9. The molecular weight excluding hydrogens is 626 g/mol. The highest BCUT2D eigenvalue weighted by Gasteiger charge is 2.37. The molecule has 4 N–H and O–H groups in total. The molecule has 0 fully saturated rings. The highest BCUT2D eigenvalue weighted by Crippen LogP contribution is 2.41. The predicted octanol–water partition coefficient (Wildman–Crippen LogP) is 6.57. The van der Waals surface area contributed by atoms with Gasteiger partial charge in [0.25, 0.3) is 0 Å². The lowest BCUT2D eigenvalue weighted by Crippen LogP contribution is -2.36. The summed E-state index contributed by atoms with van der Waals surface area (Å²) in [5, 5.41) is 32.5. The standard InChI is InChI=1S/C36H46ClN3O5.C3H4/c1-5-7-31(23-8-10-25(11-9-23)34(43)39-19-18-32(41)42)33(24-14-16-29(37)17-15-24)36(44)40-21-27-13-12-26(20-28(27)22-40)30(6-2)35(38-3)45-4;1-3-2/h6,8-14,16,20,31-34,39,41-43H,5,7,15,17-19,21-22H2,1-4H3;1H,2H3/b30-6-,38-35?;. The van der Waals surface area contributed by atoms with E-state index in [1.54, 1.807) is 21.1 Å². The fraction of sp³-hybridized carbons (Fsp3) is 0.436. The summed E-state index contributed by atoms with van der Waals surface area (Å²) in [6, 6.07) is 14.1. The van der Waals surface area contributed by atoms with Gasteiger partial charge in [0.15, 0.2) is 6.29 Å². The normalized spacial score (nSPS) is 16.6. The maximum atomic E-state index is 14.6. The van der Waals surface area contributed by atoms with Gasteiger partial charge in [-0.25, -0.2) is 0 Å². The Bertz CT molecular complexity index is 1540. The second kappa shape index (κ2) is 19.3. The lowest BCUT2D eigenvalue weighted by Gasteiger charge is -2.33. The number of methoxy groups -OCH3 is 1. The molecule has 1 aliphatic heterocycles. The van der Waals surface area contributed by atoms with E-state index in [-0.39, 0.29) is 30.7 Å². The van der Waals surface area contributed by atoms with E-state index in [0.717, 1.165) is 57.7 Å². The van der Waals surface area contributed by atoms with Crippen molar-refractivity contribution >= 4 is 29.0 Å². The third kappa shape index (κ3) is 10.1. The number of terminal acetylenes is 1. The van der Waals surface area contributed by atoms with Crippen LogP contribution < -0.4 is 5.32 Å². The van der Waals surface area contributed by atoms with Gasteiger partial charge in [0, 0.05) is 43.7 Å². The molecule has 2 aromatic rings. The van der Waals surface area contributed by atoms with E-state index in [9.17, 15) is 9.90 Å². The Hall–Kier alpha value is -3.71. The minimum Gasteiger partial charge on any atom is -0.481 e. The molecule has 2 aliphatic rings. The van der Waals surface area contributed by atoms with Gasteiger partial charge in [0.1, 0.15) is 6.23 Å². The van der Waals surface area contributed by atoms with Crippen LogP contribution in [0, 0.1) is 18.3 Å². The van der Waals surface area contributed by atoms with Crippen LogP contribution in [0.25, 0.3) is 5.57 Å². The molecule has 0 saturated heterocycles. The summed E-state index contributed by atoms with van der Waals surface area (Å²) in [4.78, 5) is 20.8. The number of aliphatic hydroxyl groups is 3. The summed E-state index contributed by atoms with van der Waals surface area (Å²) in [5.41, 5.74) is 6.99. The molecule has 0 saturated carbocycles. The van der Waals surface area contributed by atoms with Crippen LogP contribution in [0.15, 0.2) is 76.3 Å². The number of nitrogens with zero attached hydrogens (tertiary/aromatic N) is 2. The van der Waals surface area contributed by atoms with Crippen LogP contribution in [0.4, 0.5) is 0 Å². The van der Waals surface area contributed by atoms with Gasteiger partial charge in [0.05, 0.1) is 13.0 Å². The zero-order valence-electron chi connectivity index (χ0n) is 28.7. The number of carbonyl (C=O) groups excluding carboxylic acids is 1. The van der Waals surface area contributed by atoms with Crippen LogP contribution in [0.2, 0.25) is 0 Å². The first kappa shape index (κ1) is 38.7. The van der Waals surface area contributed by atoms with Crippen molar-refractivity contribution in [3.05, 3.63) is 99.1 Å². The van der Waals surface area contributed by atoms with Crippen molar-refractivity contribution in [3.8, 4) is 12.3 Å². The number of fused-ring (bicyclic) bond motifs is 1. The van der Waals surface area contributed by atoms with Crippen LogP contribution in [0.1, 0.15) is 92.8 Å². The number of nitrogens with one attached hydrogen (secondary N) is 1. The summed E-state index contributed by atoms with van der Waals surface area (Å²) in [6.45, 7) is 7.10. The van der Waals surface area contributed by atoms with E-state index >= 15 is 0 Å². The maximum Gasteiger partial charge on any atom is 0.231 e. The van der Waals surface area contributed by atoms with Gasteiger partial charge in [-0.1, -0.05) is 79.1 Å². The molecule has 1 aliphatic carbocycles. The Morgan fingerprint density at radius 3 is 2.31 bits per heavy atom. The lowest BCUT2D eigenvalue weighted by molar-refractivity contribution is -0.135. The molecule has 1 heterocycles. The zero-order chi connectivity index (χ0) is 35.2. The van der Waals surface area contributed by atoms with Crippen LogP contribution in [0.5, 0.6) is 0 Å². The summed E-state index contributed by atoms with van der Waals surface area (Å²) >= 11 is 6.35. The fourth-order valence-corrected chi connectivity index (χ4v) is 6.51. The molecule has 4 rings (SSSR count). The number of aliphatic imine (C=N–C) groups is 1. The van der Waals surface area contributed by atoms with Gasteiger partial charge in [-0.05, 0) is 79.0 Å². The largest absolute Gasteiger partial charge is 0.481 e. The monoisotopic (exact) mass is 675 g/mol. The third-order valence-electron chi connectivity index (χ3n) is 8.69. The number of carbonyl (C=O) groups is 1. The number of ether oxygens (including phenoxy) is 1. The SMILES string of the molecule is C#CC.C/C=C(\C(=NC)OC)c1ccc2c(c1)CN(C(=O)C(C1=CC=C(Cl)CC1)C(CCC)c1ccc(C(O)NCCC(O)O)cc1)C2. The molecule has 48 heavy (non-hydrogen) atoms. The lowest BCUT2D eigenvalue weighted by atomic mass is 9.75. The Labute approximate surface area is 290 Å². The average Bonchev–Trinajstić information content (AvgIpc) is 3.51. The molecule has 0 aromatic heterocycles. The molecular formula is C39H50ClN3O5. The Kier molecular flexibility index (Phi) is 15.6. The molecule has 258 valence electrons. The number of hydrogen-bond donors (Lipinski definition) is 4. The van der Waals surface area contributed by atoms with E-state index in [0.29, 0.717) is 31.0 Å². The molecule has 0 spiro atoms. The van der Waals surface area contributed by atoms with E-state index in [4.69, 9.17) is 26.6 Å². The average molecular weight is 676 g/mol. The predicted molar refractivity (Wildman–Crippen MR) is 194 cm³/mol. The fourth-order valence-electron chi connectivity index (χ4n) is 6.36. The van der Waals surface area contributed by atoms with Crippen molar-refractivity contribution < 1.29 is 24.9 Å².